The number of hydrogen-bond donors (Lipinski definition) is 2. The van der Waals surface area contributed by atoms with Crippen LogP contribution < -0.4 is 20.0 Å². The molecule has 1 amide bonds. The second-order valence-corrected chi connectivity index (χ2v) is 8.62. The van der Waals surface area contributed by atoms with Gasteiger partial charge in [0.25, 0.3) is 15.9 Å². The van der Waals surface area contributed by atoms with Crippen molar-refractivity contribution in [1.82, 2.24) is 4.83 Å². The van der Waals surface area contributed by atoms with Gasteiger partial charge in [0.1, 0.15) is 18.1 Å². The number of primary amides is 1. The third-order valence-corrected chi connectivity index (χ3v) is 5.84. The maximum atomic E-state index is 12.3. The van der Waals surface area contributed by atoms with Crippen molar-refractivity contribution in [2.24, 2.45) is 10.8 Å². The molecule has 3 aromatic rings. The topological polar surface area (TPSA) is 120 Å². The van der Waals surface area contributed by atoms with Gasteiger partial charge in [0, 0.05) is 10.6 Å². The average molecular weight is 474 g/mol. The van der Waals surface area contributed by atoms with Gasteiger partial charge in [0.2, 0.25) is 0 Å². The Morgan fingerprint density at radius 2 is 1.81 bits per heavy atom. The minimum atomic E-state index is -3.83. The molecule has 166 valence electrons. The summed E-state index contributed by atoms with van der Waals surface area (Å²) in [5, 5.41) is 4.26. The van der Waals surface area contributed by atoms with E-state index in [1.807, 2.05) is 0 Å². The fourth-order valence-corrected chi connectivity index (χ4v) is 3.70. The Balaban J connectivity index is 1.74. The molecule has 0 radical (unpaired) electrons. The molecule has 3 aromatic carbocycles. The molecule has 3 rings (SSSR count). The molecule has 0 heterocycles. The highest BCUT2D eigenvalue weighted by atomic mass is 35.5. The van der Waals surface area contributed by atoms with E-state index in [1.165, 1.54) is 37.6 Å². The lowest BCUT2D eigenvalue weighted by atomic mass is 10.1. The van der Waals surface area contributed by atoms with Crippen molar-refractivity contribution in [3.8, 4) is 11.5 Å². The number of rotatable bonds is 9. The summed E-state index contributed by atoms with van der Waals surface area (Å²) in [6.45, 7) is 0.0889. The van der Waals surface area contributed by atoms with Gasteiger partial charge in [-0.3, -0.25) is 4.79 Å². The normalized spacial score (nSPS) is 11.3. The largest absolute Gasteiger partial charge is 0.496 e. The van der Waals surface area contributed by atoms with Gasteiger partial charge in [-0.2, -0.15) is 13.5 Å². The Labute approximate surface area is 190 Å². The summed E-state index contributed by atoms with van der Waals surface area (Å²) < 4.78 is 35.7. The second-order valence-electron chi connectivity index (χ2n) is 6.53. The summed E-state index contributed by atoms with van der Waals surface area (Å²) in [7, 11) is -2.31. The molecule has 0 saturated heterocycles. The lowest BCUT2D eigenvalue weighted by molar-refractivity contribution is 0.0996. The van der Waals surface area contributed by atoms with Crippen molar-refractivity contribution in [3.63, 3.8) is 0 Å². The summed E-state index contributed by atoms with van der Waals surface area (Å²) in [5.41, 5.74) is 6.91. The van der Waals surface area contributed by atoms with E-state index < -0.39 is 15.9 Å². The SMILES string of the molecule is COc1ccc(/C=N\NS(=O)(=O)c2ccc(Cl)cc2)cc1COc1ccccc1C(N)=O. The van der Waals surface area contributed by atoms with E-state index in [-0.39, 0.29) is 17.1 Å². The third kappa shape index (κ3) is 5.77. The van der Waals surface area contributed by atoms with Crippen LogP contribution >= 0.6 is 11.6 Å². The summed E-state index contributed by atoms with van der Waals surface area (Å²) >= 11 is 5.79. The van der Waals surface area contributed by atoms with Crippen molar-refractivity contribution in [2.75, 3.05) is 7.11 Å². The number of para-hydroxylation sites is 1. The van der Waals surface area contributed by atoms with Crippen molar-refractivity contribution >= 4 is 33.7 Å². The van der Waals surface area contributed by atoms with Gasteiger partial charge >= 0.3 is 0 Å². The molecule has 8 nitrogen and oxygen atoms in total. The lowest BCUT2D eigenvalue weighted by Crippen LogP contribution is -2.18. The zero-order valence-electron chi connectivity index (χ0n) is 17.0. The zero-order chi connectivity index (χ0) is 23.1. The minimum Gasteiger partial charge on any atom is -0.496 e. The smallest absolute Gasteiger partial charge is 0.276 e. The first kappa shape index (κ1) is 23.1. The number of amides is 1. The Bertz CT molecular complexity index is 1240. The highest BCUT2D eigenvalue weighted by molar-refractivity contribution is 7.89. The van der Waals surface area contributed by atoms with Crippen LogP contribution in [-0.4, -0.2) is 27.6 Å². The highest BCUT2D eigenvalue weighted by Crippen LogP contribution is 2.24. The number of methoxy groups -OCH3 is 1. The molecule has 10 heteroatoms. The number of sulfonamides is 1. The van der Waals surface area contributed by atoms with Crippen LogP contribution in [0.25, 0.3) is 0 Å². The molecule has 0 unspecified atom stereocenters. The third-order valence-electron chi connectivity index (χ3n) is 4.35. The van der Waals surface area contributed by atoms with E-state index in [0.29, 0.717) is 27.6 Å². The first-order valence-corrected chi connectivity index (χ1v) is 11.2. The quantitative estimate of drug-likeness (QED) is 0.365. The van der Waals surface area contributed by atoms with E-state index in [1.54, 1.807) is 42.5 Å². The number of carbonyl (C=O) groups is 1. The molecule has 0 spiro atoms. The Morgan fingerprint density at radius 3 is 2.50 bits per heavy atom. The first-order chi connectivity index (χ1) is 15.3. The Kier molecular flexibility index (Phi) is 7.34. The number of hydrogen-bond acceptors (Lipinski definition) is 6. The maximum Gasteiger partial charge on any atom is 0.276 e. The van der Waals surface area contributed by atoms with Crippen molar-refractivity contribution in [2.45, 2.75) is 11.5 Å². The minimum absolute atomic E-state index is 0.0380. The Morgan fingerprint density at radius 1 is 1.09 bits per heavy atom. The van der Waals surface area contributed by atoms with Crippen LogP contribution in [0.1, 0.15) is 21.5 Å². The van der Waals surface area contributed by atoms with Crippen molar-refractivity contribution in [1.29, 1.82) is 0 Å². The fraction of sp³-hybridized carbons (Fsp3) is 0.0909. The van der Waals surface area contributed by atoms with Gasteiger partial charge in [-0.05, 0) is 60.2 Å². The zero-order valence-corrected chi connectivity index (χ0v) is 18.6. The molecule has 32 heavy (non-hydrogen) atoms. The number of ether oxygens (including phenoxy) is 2. The Hall–Kier alpha value is -3.56. The predicted octanol–water partition coefficient (Wildman–Crippen LogP) is 3.34. The van der Waals surface area contributed by atoms with E-state index in [4.69, 9.17) is 26.8 Å². The van der Waals surface area contributed by atoms with E-state index >= 15 is 0 Å². The van der Waals surface area contributed by atoms with Gasteiger partial charge < -0.3 is 15.2 Å². The number of nitrogens with one attached hydrogen (secondary N) is 1. The predicted molar refractivity (Wildman–Crippen MR) is 122 cm³/mol. The van der Waals surface area contributed by atoms with E-state index in [2.05, 4.69) is 9.93 Å². The van der Waals surface area contributed by atoms with Gasteiger partial charge in [0.05, 0.1) is 23.8 Å². The van der Waals surface area contributed by atoms with Gasteiger partial charge in [0.15, 0.2) is 0 Å². The van der Waals surface area contributed by atoms with E-state index in [0.717, 1.165) is 0 Å². The summed E-state index contributed by atoms with van der Waals surface area (Å²) in [5.74, 6) is 0.304. The summed E-state index contributed by atoms with van der Waals surface area (Å²) in [4.78, 5) is 13.8. The van der Waals surface area contributed by atoms with Crippen molar-refractivity contribution in [3.05, 3.63) is 88.4 Å². The number of carbonyl (C=O) groups excluding carboxylic acids is 1. The molecule has 0 atom stereocenters. The molecule has 3 N–H and O–H groups in total. The number of benzene rings is 3. The fourth-order valence-electron chi connectivity index (χ4n) is 2.78. The van der Waals surface area contributed by atoms with Crippen LogP contribution in [0.3, 0.4) is 0 Å². The molecule has 0 aliphatic carbocycles. The first-order valence-electron chi connectivity index (χ1n) is 9.29. The number of halogens is 1. The molecule has 0 bridgehead atoms. The molecule has 0 aromatic heterocycles. The van der Waals surface area contributed by atoms with Crippen LogP contribution in [0.4, 0.5) is 0 Å². The van der Waals surface area contributed by atoms with Crippen LogP contribution in [0, 0.1) is 0 Å². The van der Waals surface area contributed by atoms with Crippen LogP contribution in [0.2, 0.25) is 5.02 Å². The maximum absolute atomic E-state index is 12.3. The van der Waals surface area contributed by atoms with Gasteiger partial charge in [-0.25, -0.2) is 4.83 Å². The molecule has 0 saturated carbocycles. The standard InChI is InChI=1S/C22H20ClN3O5S/c1-30-20-11-6-15(13-25-26-32(28,29)18-9-7-17(23)8-10-18)12-16(20)14-31-21-5-3-2-4-19(21)22(24)27/h2-13,26H,14H2,1H3,(H2,24,27)/b25-13-. The summed E-state index contributed by atoms with van der Waals surface area (Å²) in [6.07, 6.45) is 1.35. The highest BCUT2D eigenvalue weighted by Gasteiger charge is 2.13. The summed E-state index contributed by atoms with van der Waals surface area (Å²) in [6, 6.07) is 17.5. The van der Waals surface area contributed by atoms with Gasteiger partial charge in [-0.15, -0.1) is 0 Å². The van der Waals surface area contributed by atoms with E-state index in [9.17, 15) is 13.2 Å². The number of nitrogens with two attached hydrogens (primary N) is 1. The lowest BCUT2D eigenvalue weighted by Gasteiger charge is -2.13. The van der Waals surface area contributed by atoms with Crippen LogP contribution in [0.5, 0.6) is 11.5 Å². The second kappa shape index (κ2) is 10.2. The number of hydrazone groups is 1. The average Bonchev–Trinajstić information content (AvgIpc) is 2.78. The molecule has 0 aliphatic heterocycles. The van der Waals surface area contributed by atoms with Gasteiger partial charge in [-0.1, -0.05) is 23.7 Å². The van der Waals surface area contributed by atoms with Crippen LogP contribution in [-0.2, 0) is 16.6 Å². The number of nitrogens with zero attached hydrogens (tertiary/aromatic N) is 1. The molecular formula is C22H20ClN3O5S. The van der Waals surface area contributed by atoms with Crippen LogP contribution in [0.15, 0.2) is 76.7 Å². The molecular weight excluding hydrogens is 454 g/mol. The monoisotopic (exact) mass is 473 g/mol. The molecule has 0 fully saturated rings. The van der Waals surface area contributed by atoms with Crippen molar-refractivity contribution < 1.29 is 22.7 Å². The molecule has 0 aliphatic rings.